The number of aliphatic hydroxyl groups is 1. The van der Waals surface area contributed by atoms with E-state index in [0.717, 1.165) is 0 Å². The van der Waals surface area contributed by atoms with Crippen LogP contribution in [0.1, 0.15) is 21.6 Å². The highest BCUT2D eigenvalue weighted by Gasteiger charge is 2.18. The smallest absolute Gasteiger partial charge is 0.252 e. The second kappa shape index (κ2) is 5.98. The number of amides is 1. The van der Waals surface area contributed by atoms with Crippen LogP contribution >= 0.6 is 0 Å². The van der Waals surface area contributed by atoms with Gasteiger partial charge in [-0.2, -0.15) is 5.10 Å². The minimum atomic E-state index is -0.577. The van der Waals surface area contributed by atoms with Crippen LogP contribution in [0.15, 0.2) is 43.0 Å². The maximum atomic E-state index is 11.7. The average molecular weight is 309 g/mol. The summed E-state index contributed by atoms with van der Waals surface area (Å²) >= 11 is 0. The quantitative estimate of drug-likeness (QED) is 0.753. The summed E-state index contributed by atoms with van der Waals surface area (Å²) in [6.45, 7) is 1.62. The van der Waals surface area contributed by atoms with Crippen molar-refractivity contribution in [1.29, 1.82) is 0 Å². The molecule has 0 radical (unpaired) electrons. The molecule has 0 saturated carbocycles. The molecule has 0 aliphatic rings. The predicted octanol–water partition coefficient (Wildman–Crippen LogP) is 1.23. The fraction of sp³-hybridized carbons (Fsp3) is 0.125. The summed E-state index contributed by atoms with van der Waals surface area (Å²) in [5, 5.41) is 14.0. The Kier molecular flexibility index (Phi) is 3.86. The van der Waals surface area contributed by atoms with Crippen LogP contribution in [0.3, 0.4) is 0 Å². The lowest BCUT2D eigenvalue weighted by atomic mass is 10.1. The van der Waals surface area contributed by atoms with E-state index in [-0.39, 0.29) is 12.2 Å². The lowest BCUT2D eigenvalue weighted by Crippen LogP contribution is -2.11. The number of rotatable bonds is 4. The van der Waals surface area contributed by atoms with Gasteiger partial charge in [0.05, 0.1) is 17.9 Å². The molecule has 0 spiro atoms. The Balaban J connectivity index is 2.20. The number of carbonyl (C=O) groups excluding carboxylic acids is 1. The molecule has 7 heteroatoms. The van der Waals surface area contributed by atoms with Crippen molar-refractivity contribution in [1.82, 2.24) is 19.7 Å². The van der Waals surface area contributed by atoms with E-state index in [4.69, 9.17) is 5.73 Å². The Morgan fingerprint density at radius 2 is 2.17 bits per heavy atom. The van der Waals surface area contributed by atoms with Crippen LogP contribution < -0.4 is 5.73 Å². The van der Waals surface area contributed by atoms with E-state index in [1.807, 2.05) is 0 Å². The van der Waals surface area contributed by atoms with E-state index < -0.39 is 5.91 Å². The SMILES string of the molecule is Cc1nccc(-n2cc(C(N)=O)c(-c3cccnc3)n2)c1CO. The zero-order chi connectivity index (χ0) is 16.4. The van der Waals surface area contributed by atoms with E-state index in [0.29, 0.717) is 28.2 Å². The van der Waals surface area contributed by atoms with Crippen LogP contribution in [0.5, 0.6) is 0 Å². The predicted molar refractivity (Wildman–Crippen MR) is 83.8 cm³/mol. The monoisotopic (exact) mass is 309 g/mol. The number of primary amides is 1. The number of aliphatic hydroxyl groups excluding tert-OH is 1. The summed E-state index contributed by atoms with van der Waals surface area (Å²) in [5.41, 5.74) is 8.89. The number of hydrogen-bond acceptors (Lipinski definition) is 5. The molecule has 0 unspecified atom stereocenters. The lowest BCUT2D eigenvalue weighted by Gasteiger charge is -2.09. The van der Waals surface area contributed by atoms with Crippen molar-refractivity contribution in [3.05, 3.63) is 59.8 Å². The Labute approximate surface area is 132 Å². The zero-order valence-corrected chi connectivity index (χ0v) is 12.5. The standard InChI is InChI=1S/C16H15N5O2/c1-10-13(9-22)14(4-6-19-10)21-8-12(16(17)23)15(20-21)11-3-2-5-18-7-11/h2-8,22H,9H2,1H3,(H2,17,23). The molecule has 23 heavy (non-hydrogen) atoms. The molecule has 0 aromatic carbocycles. The average Bonchev–Trinajstić information content (AvgIpc) is 3.01. The number of nitrogens with zero attached hydrogens (tertiary/aromatic N) is 4. The van der Waals surface area contributed by atoms with Gasteiger partial charge in [0.25, 0.3) is 5.91 Å². The Morgan fingerprint density at radius 3 is 2.83 bits per heavy atom. The third kappa shape index (κ3) is 2.69. The van der Waals surface area contributed by atoms with Crippen molar-refractivity contribution < 1.29 is 9.90 Å². The van der Waals surface area contributed by atoms with E-state index in [2.05, 4.69) is 15.1 Å². The number of nitrogens with two attached hydrogens (primary N) is 1. The topological polar surface area (TPSA) is 107 Å². The van der Waals surface area contributed by atoms with Gasteiger partial charge in [0.15, 0.2) is 0 Å². The van der Waals surface area contributed by atoms with Gasteiger partial charge in [0.2, 0.25) is 0 Å². The molecule has 0 atom stereocenters. The summed E-state index contributed by atoms with van der Waals surface area (Å²) in [7, 11) is 0. The molecular formula is C16H15N5O2. The van der Waals surface area contributed by atoms with Gasteiger partial charge in [-0.15, -0.1) is 0 Å². The molecule has 3 rings (SSSR count). The molecule has 0 bridgehead atoms. The van der Waals surface area contributed by atoms with E-state index in [1.54, 1.807) is 49.9 Å². The third-order valence-electron chi connectivity index (χ3n) is 3.57. The van der Waals surface area contributed by atoms with Gasteiger partial charge in [-0.1, -0.05) is 0 Å². The van der Waals surface area contributed by atoms with Crippen molar-refractivity contribution in [2.45, 2.75) is 13.5 Å². The highest BCUT2D eigenvalue weighted by molar-refractivity contribution is 5.98. The summed E-state index contributed by atoms with van der Waals surface area (Å²) in [6.07, 6.45) is 6.43. The maximum absolute atomic E-state index is 11.7. The van der Waals surface area contributed by atoms with E-state index in [1.165, 1.54) is 4.68 Å². The van der Waals surface area contributed by atoms with Gasteiger partial charge in [0.1, 0.15) is 5.69 Å². The Morgan fingerprint density at radius 1 is 1.35 bits per heavy atom. The minimum Gasteiger partial charge on any atom is -0.392 e. The first-order chi connectivity index (χ1) is 11.1. The highest BCUT2D eigenvalue weighted by Crippen LogP contribution is 2.24. The number of hydrogen-bond donors (Lipinski definition) is 2. The highest BCUT2D eigenvalue weighted by atomic mass is 16.3. The van der Waals surface area contributed by atoms with Crippen LogP contribution in [-0.4, -0.2) is 30.8 Å². The molecule has 0 aliphatic heterocycles. The number of aromatic nitrogens is 4. The normalized spacial score (nSPS) is 10.7. The van der Waals surface area contributed by atoms with E-state index >= 15 is 0 Å². The number of aryl methyl sites for hydroxylation is 1. The molecule has 3 N–H and O–H groups in total. The first-order valence-corrected chi connectivity index (χ1v) is 6.97. The van der Waals surface area contributed by atoms with Crippen molar-refractivity contribution in [2.75, 3.05) is 0 Å². The maximum Gasteiger partial charge on any atom is 0.252 e. The first kappa shape index (κ1) is 14.9. The van der Waals surface area contributed by atoms with Gasteiger partial charge in [0, 0.05) is 41.6 Å². The summed E-state index contributed by atoms with van der Waals surface area (Å²) < 4.78 is 1.53. The summed E-state index contributed by atoms with van der Waals surface area (Å²) in [5.74, 6) is -0.577. The Hall–Kier alpha value is -3.06. The van der Waals surface area contributed by atoms with Crippen LogP contribution in [-0.2, 0) is 6.61 Å². The molecular weight excluding hydrogens is 294 g/mol. The molecule has 1 amide bonds. The molecule has 0 aliphatic carbocycles. The summed E-state index contributed by atoms with van der Waals surface area (Å²) in [6, 6.07) is 5.29. The van der Waals surface area contributed by atoms with Crippen molar-refractivity contribution >= 4 is 5.91 Å². The second-order valence-electron chi connectivity index (χ2n) is 4.99. The number of pyridine rings is 2. The van der Waals surface area contributed by atoms with Gasteiger partial charge >= 0.3 is 0 Å². The molecule has 116 valence electrons. The van der Waals surface area contributed by atoms with Crippen LogP contribution in [0.2, 0.25) is 0 Å². The molecule has 0 saturated heterocycles. The minimum absolute atomic E-state index is 0.178. The van der Waals surface area contributed by atoms with Crippen molar-refractivity contribution in [3.63, 3.8) is 0 Å². The second-order valence-corrected chi connectivity index (χ2v) is 4.99. The molecule has 0 fully saturated rings. The van der Waals surface area contributed by atoms with Crippen molar-refractivity contribution in [2.24, 2.45) is 5.73 Å². The van der Waals surface area contributed by atoms with Gasteiger partial charge < -0.3 is 10.8 Å². The molecule has 3 aromatic rings. The largest absolute Gasteiger partial charge is 0.392 e. The third-order valence-corrected chi connectivity index (χ3v) is 3.57. The fourth-order valence-electron chi connectivity index (χ4n) is 2.39. The van der Waals surface area contributed by atoms with Crippen LogP contribution in [0, 0.1) is 6.92 Å². The van der Waals surface area contributed by atoms with Gasteiger partial charge in [-0.3, -0.25) is 14.8 Å². The fourth-order valence-corrected chi connectivity index (χ4v) is 2.39. The van der Waals surface area contributed by atoms with Crippen LogP contribution in [0.4, 0.5) is 0 Å². The van der Waals surface area contributed by atoms with Crippen LogP contribution in [0.25, 0.3) is 16.9 Å². The lowest BCUT2D eigenvalue weighted by molar-refractivity contribution is 0.100. The molecule has 3 heterocycles. The zero-order valence-electron chi connectivity index (χ0n) is 12.5. The van der Waals surface area contributed by atoms with E-state index in [9.17, 15) is 9.90 Å². The number of carbonyl (C=O) groups is 1. The van der Waals surface area contributed by atoms with Gasteiger partial charge in [-0.25, -0.2) is 4.68 Å². The first-order valence-electron chi connectivity index (χ1n) is 6.97. The summed E-state index contributed by atoms with van der Waals surface area (Å²) in [4.78, 5) is 19.9. The molecule has 7 nitrogen and oxygen atoms in total. The van der Waals surface area contributed by atoms with Gasteiger partial charge in [-0.05, 0) is 25.1 Å². The van der Waals surface area contributed by atoms with Crippen molar-refractivity contribution in [3.8, 4) is 16.9 Å². The molecule has 3 aromatic heterocycles. The Bertz CT molecular complexity index is 858.